The number of carbonyl (C=O) groups excluding carboxylic acids is 1. The van der Waals surface area contributed by atoms with Gasteiger partial charge in [0.25, 0.3) is 5.91 Å². The molecule has 0 bridgehead atoms. The maximum absolute atomic E-state index is 13.0. The summed E-state index contributed by atoms with van der Waals surface area (Å²) in [4.78, 5) is 19.3. The number of aliphatic imine (C=N–C) groups is 1. The molecule has 152 valence electrons. The van der Waals surface area contributed by atoms with Crippen molar-refractivity contribution in [3.63, 3.8) is 0 Å². The summed E-state index contributed by atoms with van der Waals surface area (Å²) in [7, 11) is 1.58. The van der Waals surface area contributed by atoms with Gasteiger partial charge in [-0.2, -0.15) is 13.2 Å². The van der Waals surface area contributed by atoms with Crippen molar-refractivity contribution in [1.82, 2.24) is 4.90 Å². The first kappa shape index (κ1) is 21.1. The summed E-state index contributed by atoms with van der Waals surface area (Å²) in [6, 6.07) is 14.1. The summed E-state index contributed by atoms with van der Waals surface area (Å²) in [6.45, 7) is 0.894. The van der Waals surface area contributed by atoms with Gasteiger partial charge in [-0.05, 0) is 54.1 Å². The molecule has 1 saturated heterocycles. The zero-order chi connectivity index (χ0) is 20.9. The van der Waals surface area contributed by atoms with Crippen molar-refractivity contribution in [2.75, 3.05) is 20.3 Å². The standard InChI is InChI=1S/C21H19F3N2O2S/c1-28-12-6-11-26-19(27)18(29-20(26)25-17-9-3-2-4-10-17)14-15-7-5-8-16(13-15)21(22,23)24/h2-5,7-10,13-14H,6,11-12H2,1H3/b18-14+,25-20?. The molecule has 29 heavy (non-hydrogen) atoms. The molecule has 1 aliphatic heterocycles. The van der Waals surface area contributed by atoms with Crippen LogP contribution in [0.1, 0.15) is 17.5 Å². The van der Waals surface area contributed by atoms with Gasteiger partial charge in [0.05, 0.1) is 16.2 Å². The summed E-state index contributed by atoms with van der Waals surface area (Å²) in [5, 5.41) is 0.496. The minimum atomic E-state index is -4.44. The quantitative estimate of drug-likeness (QED) is 0.468. The topological polar surface area (TPSA) is 41.9 Å². The number of nitrogens with zero attached hydrogens (tertiary/aromatic N) is 2. The van der Waals surface area contributed by atoms with Crippen LogP contribution in [0.15, 0.2) is 64.5 Å². The van der Waals surface area contributed by atoms with Crippen LogP contribution < -0.4 is 0 Å². The van der Waals surface area contributed by atoms with E-state index in [0.29, 0.717) is 40.9 Å². The Morgan fingerprint density at radius 1 is 1.14 bits per heavy atom. The van der Waals surface area contributed by atoms with Crippen molar-refractivity contribution in [2.45, 2.75) is 12.6 Å². The molecule has 0 N–H and O–H groups in total. The van der Waals surface area contributed by atoms with Crippen molar-refractivity contribution in [1.29, 1.82) is 0 Å². The first-order valence-corrected chi connectivity index (χ1v) is 9.71. The molecular formula is C21H19F3N2O2S. The second kappa shape index (κ2) is 9.28. The smallest absolute Gasteiger partial charge is 0.385 e. The molecule has 0 spiro atoms. The van der Waals surface area contributed by atoms with Crippen LogP contribution in [0.5, 0.6) is 0 Å². The number of methoxy groups -OCH3 is 1. The van der Waals surface area contributed by atoms with Gasteiger partial charge in [-0.15, -0.1) is 0 Å². The summed E-state index contributed by atoms with van der Waals surface area (Å²) in [5.41, 5.74) is 0.255. The fourth-order valence-corrected chi connectivity index (χ4v) is 3.75. The SMILES string of the molecule is COCCCN1C(=O)/C(=C\c2cccc(C(F)(F)F)c2)SC1=Nc1ccccc1. The molecule has 8 heteroatoms. The van der Waals surface area contributed by atoms with Crippen molar-refractivity contribution < 1.29 is 22.7 Å². The zero-order valence-electron chi connectivity index (χ0n) is 15.6. The van der Waals surface area contributed by atoms with Gasteiger partial charge in [0, 0.05) is 20.3 Å². The highest BCUT2D eigenvalue weighted by Crippen LogP contribution is 2.35. The number of halogens is 3. The van der Waals surface area contributed by atoms with E-state index in [1.54, 1.807) is 7.11 Å². The molecule has 1 amide bonds. The van der Waals surface area contributed by atoms with Gasteiger partial charge >= 0.3 is 6.18 Å². The fraction of sp³-hybridized carbons (Fsp3) is 0.238. The first-order valence-electron chi connectivity index (χ1n) is 8.90. The minimum Gasteiger partial charge on any atom is -0.385 e. The van der Waals surface area contributed by atoms with Gasteiger partial charge in [0.15, 0.2) is 5.17 Å². The van der Waals surface area contributed by atoms with Gasteiger partial charge in [-0.1, -0.05) is 30.3 Å². The first-order chi connectivity index (χ1) is 13.9. The van der Waals surface area contributed by atoms with E-state index in [1.165, 1.54) is 23.1 Å². The van der Waals surface area contributed by atoms with Crippen LogP contribution in [0.3, 0.4) is 0 Å². The summed E-state index contributed by atoms with van der Waals surface area (Å²) in [5.74, 6) is -0.279. The Morgan fingerprint density at radius 2 is 1.90 bits per heavy atom. The number of para-hydroxylation sites is 1. The lowest BCUT2D eigenvalue weighted by molar-refractivity contribution is -0.137. The second-order valence-electron chi connectivity index (χ2n) is 6.27. The summed E-state index contributed by atoms with van der Waals surface area (Å²) in [6.07, 6.45) is -2.35. The van der Waals surface area contributed by atoms with Crippen LogP contribution in [0.4, 0.5) is 18.9 Å². The third-order valence-corrected chi connectivity index (χ3v) is 5.12. The number of carbonyl (C=O) groups is 1. The highest BCUT2D eigenvalue weighted by atomic mass is 32.2. The Balaban J connectivity index is 1.91. The molecule has 1 aliphatic rings. The predicted molar refractivity (Wildman–Crippen MR) is 109 cm³/mol. The Morgan fingerprint density at radius 3 is 2.59 bits per heavy atom. The van der Waals surface area contributed by atoms with Crippen LogP contribution in [-0.2, 0) is 15.7 Å². The molecule has 0 unspecified atom stereocenters. The van der Waals surface area contributed by atoms with E-state index in [4.69, 9.17) is 4.74 Å². The number of ether oxygens (including phenoxy) is 1. The lowest BCUT2D eigenvalue weighted by atomic mass is 10.1. The molecule has 0 aromatic heterocycles. The Kier molecular flexibility index (Phi) is 6.76. The molecule has 1 heterocycles. The van der Waals surface area contributed by atoms with E-state index in [1.807, 2.05) is 30.3 Å². The number of benzene rings is 2. The molecule has 0 saturated carbocycles. The Bertz CT molecular complexity index is 927. The third-order valence-electron chi connectivity index (χ3n) is 4.11. The van der Waals surface area contributed by atoms with Crippen LogP contribution in [0.25, 0.3) is 6.08 Å². The number of amidine groups is 1. The van der Waals surface area contributed by atoms with Crippen LogP contribution in [0, 0.1) is 0 Å². The van der Waals surface area contributed by atoms with E-state index in [0.717, 1.165) is 23.9 Å². The molecule has 4 nitrogen and oxygen atoms in total. The molecule has 0 atom stereocenters. The Labute approximate surface area is 171 Å². The lowest BCUT2D eigenvalue weighted by Gasteiger charge is -2.15. The van der Waals surface area contributed by atoms with E-state index in [2.05, 4.69) is 4.99 Å². The molecular weight excluding hydrogens is 401 g/mol. The number of amides is 1. The monoisotopic (exact) mass is 420 g/mol. The summed E-state index contributed by atoms with van der Waals surface area (Å²) >= 11 is 1.15. The number of alkyl halides is 3. The average Bonchev–Trinajstić information content (AvgIpc) is 2.97. The second-order valence-corrected chi connectivity index (χ2v) is 7.28. The Hall–Kier alpha value is -2.58. The van der Waals surface area contributed by atoms with Crippen molar-refractivity contribution >= 4 is 34.6 Å². The molecule has 0 aliphatic carbocycles. The minimum absolute atomic E-state index is 0.279. The number of thioether (sulfide) groups is 1. The number of hydrogen-bond donors (Lipinski definition) is 0. The zero-order valence-corrected chi connectivity index (χ0v) is 16.5. The van der Waals surface area contributed by atoms with Crippen molar-refractivity contribution in [3.8, 4) is 0 Å². The van der Waals surface area contributed by atoms with Gasteiger partial charge in [-0.3, -0.25) is 9.69 Å². The van der Waals surface area contributed by atoms with Gasteiger partial charge in [-0.25, -0.2) is 4.99 Å². The average molecular weight is 420 g/mol. The highest BCUT2D eigenvalue weighted by molar-refractivity contribution is 8.18. The van der Waals surface area contributed by atoms with E-state index < -0.39 is 11.7 Å². The maximum Gasteiger partial charge on any atom is 0.416 e. The third kappa shape index (κ3) is 5.48. The molecule has 2 aromatic rings. The normalized spacial score (nSPS) is 17.5. The van der Waals surface area contributed by atoms with E-state index >= 15 is 0 Å². The molecule has 1 fully saturated rings. The van der Waals surface area contributed by atoms with E-state index in [-0.39, 0.29) is 5.91 Å². The largest absolute Gasteiger partial charge is 0.416 e. The number of hydrogen-bond acceptors (Lipinski definition) is 4. The van der Waals surface area contributed by atoms with Gasteiger partial charge < -0.3 is 4.74 Å². The predicted octanol–water partition coefficient (Wildman–Crippen LogP) is 5.35. The summed E-state index contributed by atoms with van der Waals surface area (Å²) < 4.78 is 43.9. The van der Waals surface area contributed by atoms with Crippen molar-refractivity contribution in [3.05, 3.63) is 70.6 Å². The van der Waals surface area contributed by atoms with Crippen LogP contribution >= 0.6 is 11.8 Å². The van der Waals surface area contributed by atoms with Gasteiger partial charge in [0.2, 0.25) is 0 Å². The van der Waals surface area contributed by atoms with Crippen LogP contribution in [-0.4, -0.2) is 36.2 Å². The van der Waals surface area contributed by atoms with Gasteiger partial charge in [0.1, 0.15) is 0 Å². The highest BCUT2D eigenvalue weighted by Gasteiger charge is 2.34. The van der Waals surface area contributed by atoms with Crippen LogP contribution in [0.2, 0.25) is 0 Å². The molecule has 3 rings (SSSR count). The maximum atomic E-state index is 13.0. The lowest BCUT2D eigenvalue weighted by Crippen LogP contribution is -2.30. The molecule has 2 aromatic carbocycles. The van der Waals surface area contributed by atoms with Crippen molar-refractivity contribution in [2.24, 2.45) is 4.99 Å². The number of rotatable bonds is 6. The molecule has 0 radical (unpaired) electrons. The van der Waals surface area contributed by atoms with E-state index in [9.17, 15) is 18.0 Å². The fourth-order valence-electron chi connectivity index (χ4n) is 2.72.